The van der Waals surface area contributed by atoms with Crippen LogP contribution in [0.5, 0.6) is 0 Å². The molecule has 2 aromatic rings. The van der Waals surface area contributed by atoms with Crippen LogP contribution in [0.3, 0.4) is 0 Å². The van der Waals surface area contributed by atoms with E-state index in [-0.39, 0.29) is 6.10 Å². The van der Waals surface area contributed by atoms with Crippen molar-refractivity contribution in [2.75, 3.05) is 12.3 Å². The molecule has 0 aliphatic heterocycles. The fraction of sp³-hybridized carbons (Fsp3) is 0.462. The van der Waals surface area contributed by atoms with E-state index in [1.54, 1.807) is 0 Å². The third-order valence-electron chi connectivity index (χ3n) is 2.73. The number of anilines is 1. The third-order valence-corrected chi connectivity index (χ3v) is 2.73. The Morgan fingerprint density at radius 3 is 2.88 bits per heavy atom. The van der Waals surface area contributed by atoms with Gasteiger partial charge in [0.15, 0.2) is 0 Å². The van der Waals surface area contributed by atoms with Gasteiger partial charge in [0.05, 0.1) is 23.7 Å². The molecular formula is C13H19N3O. The molecule has 0 amide bonds. The molecule has 92 valence electrons. The predicted octanol–water partition coefficient (Wildman–Crippen LogP) is 2.35. The Morgan fingerprint density at radius 2 is 2.18 bits per heavy atom. The molecule has 0 saturated carbocycles. The second kappa shape index (κ2) is 4.75. The number of hydrogen-bond donors (Lipinski definition) is 1. The molecule has 0 spiro atoms. The highest BCUT2D eigenvalue weighted by Crippen LogP contribution is 2.18. The number of aromatic nitrogens is 2. The average Bonchev–Trinajstić information content (AvgIpc) is 2.54. The van der Waals surface area contributed by atoms with Gasteiger partial charge < -0.3 is 15.0 Å². The van der Waals surface area contributed by atoms with Crippen molar-refractivity contribution in [3.05, 3.63) is 24.0 Å². The zero-order valence-electron chi connectivity index (χ0n) is 10.6. The molecule has 1 aromatic heterocycles. The minimum absolute atomic E-state index is 0.265. The number of nitrogens with zero attached hydrogens (tertiary/aromatic N) is 2. The summed E-state index contributed by atoms with van der Waals surface area (Å²) >= 11 is 0. The van der Waals surface area contributed by atoms with Crippen LogP contribution in [0.4, 0.5) is 5.69 Å². The number of fused-ring (bicyclic) bond motifs is 1. The lowest BCUT2D eigenvalue weighted by atomic mass is 10.3. The fourth-order valence-corrected chi connectivity index (χ4v) is 1.93. The molecule has 0 radical (unpaired) electrons. The Kier molecular flexibility index (Phi) is 3.33. The normalized spacial score (nSPS) is 11.5. The van der Waals surface area contributed by atoms with E-state index in [0.717, 1.165) is 29.1 Å². The second-order valence-electron chi connectivity index (χ2n) is 4.48. The number of imidazole rings is 1. The minimum atomic E-state index is 0.265. The summed E-state index contributed by atoms with van der Waals surface area (Å²) in [5, 5.41) is 0. The number of rotatable bonds is 4. The van der Waals surface area contributed by atoms with Crippen molar-refractivity contribution in [2.24, 2.45) is 0 Å². The van der Waals surface area contributed by atoms with E-state index in [0.29, 0.717) is 6.61 Å². The van der Waals surface area contributed by atoms with Crippen LogP contribution in [0.15, 0.2) is 18.2 Å². The van der Waals surface area contributed by atoms with Crippen molar-refractivity contribution in [1.82, 2.24) is 9.55 Å². The smallest absolute Gasteiger partial charge is 0.106 e. The van der Waals surface area contributed by atoms with Crippen molar-refractivity contribution < 1.29 is 4.74 Å². The van der Waals surface area contributed by atoms with Crippen LogP contribution >= 0.6 is 0 Å². The molecule has 4 heteroatoms. The topological polar surface area (TPSA) is 53.1 Å². The zero-order chi connectivity index (χ0) is 12.4. The van der Waals surface area contributed by atoms with E-state index < -0.39 is 0 Å². The van der Waals surface area contributed by atoms with Gasteiger partial charge >= 0.3 is 0 Å². The largest absolute Gasteiger partial charge is 0.399 e. The molecule has 0 fully saturated rings. The van der Waals surface area contributed by atoms with Crippen molar-refractivity contribution in [3.8, 4) is 0 Å². The molecular weight excluding hydrogens is 214 g/mol. The first-order valence-electron chi connectivity index (χ1n) is 5.92. The van der Waals surface area contributed by atoms with Crippen molar-refractivity contribution >= 4 is 16.7 Å². The number of nitrogens with two attached hydrogens (primary N) is 1. The Labute approximate surface area is 101 Å². The maximum atomic E-state index is 5.75. The first kappa shape index (κ1) is 11.9. The van der Waals surface area contributed by atoms with Crippen LogP contribution in [-0.2, 0) is 11.3 Å². The highest BCUT2D eigenvalue weighted by Gasteiger charge is 2.07. The molecule has 2 rings (SSSR count). The second-order valence-corrected chi connectivity index (χ2v) is 4.48. The molecule has 0 atom stereocenters. The van der Waals surface area contributed by atoms with Gasteiger partial charge in [-0.05, 0) is 39.0 Å². The van der Waals surface area contributed by atoms with Crippen molar-refractivity contribution in [1.29, 1.82) is 0 Å². The molecule has 0 aliphatic rings. The molecule has 0 saturated heterocycles. The van der Waals surface area contributed by atoms with E-state index in [9.17, 15) is 0 Å². The summed E-state index contributed by atoms with van der Waals surface area (Å²) in [6, 6.07) is 5.82. The van der Waals surface area contributed by atoms with Gasteiger partial charge in [0, 0.05) is 12.2 Å². The third kappa shape index (κ3) is 2.58. The van der Waals surface area contributed by atoms with E-state index in [4.69, 9.17) is 10.5 Å². The highest BCUT2D eigenvalue weighted by atomic mass is 16.5. The lowest BCUT2D eigenvalue weighted by Crippen LogP contribution is -2.11. The van der Waals surface area contributed by atoms with Crippen molar-refractivity contribution in [2.45, 2.75) is 33.4 Å². The molecule has 0 aliphatic carbocycles. The summed E-state index contributed by atoms with van der Waals surface area (Å²) in [5.74, 6) is 0.998. The number of aryl methyl sites for hydroxylation is 1. The number of hydrogen-bond acceptors (Lipinski definition) is 3. The number of ether oxygens (including phenoxy) is 1. The first-order chi connectivity index (χ1) is 8.08. The van der Waals surface area contributed by atoms with E-state index in [2.05, 4.69) is 9.55 Å². The number of nitrogen functional groups attached to an aromatic ring is 1. The van der Waals surface area contributed by atoms with Gasteiger partial charge in [0.25, 0.3) is 0 Å². The van der Waals surface area contributed by atoms with Gasteiger partial charge in [-0.15, -0.1) is 0 Å². The summed E-state index contributed by atoms with van der Waals surface area (Å²) in [6.45, 7) is 7.61. The fourth-order valence-electron chi connectivity index (χ4n) is 1.93. The zero-order valence-corrected chi connectivity index (χ0v) is 10.6. The predicted molar refractivity (Wildman–Crippen MR) is 70.0 cm³/mol. The summed E-state index contributed by atoms with van der Waals surface area (Å²) in [4.78, 5) is 4.50. The van der Waals surface area contributed by atoms with Crippen molar-refractivity contribution in [3.63, 3.8) is 0 Å². The molecule has 2 N–H and O–H groups in total. The Balaban J connectivity index is 2.24. The van der Waals surface area contributed by atoms with Crippen LogP contribution in [0.2, 0.25) is 0 Å². The highest BCUT2D eigenvalue weighted by molar-refractivity contribution is 5.79. The van der Waals surface area contributed by atoms with E-state index >= 15 is 0 Å². The van der Waals surface area contributed by atoms with Gasteiger partial charge in [0.1, 0.15) is 5.82 Å². The van der Waals surface area contributed by atoms with Gasteiger partial charge in [-0.3, -0.25) is 0 Å². The summed E-state index contributed by atoms with van der Waals surface area (Å²) in [5.41, 5.74) is 8.57. The Hall–Kier alpha value is -1.55. The molecule has 1 heterocycles. The standard InChI is InChI=1S/C13H19N3O/c1-9(2)17-7-6-16-10(3)15-12-8-11(14)4-5-13(12)16/h4-5,8-9H,6-7,14H2,1-3H3. The molecule has 17 heavy (non-hydrogen) atoms. The Morgan fingerprint density at radius 1 is 1.41 bits per heavy atom. The molecule has 1 aromatic carbocycles. The lowest BCUT2D eigenvalue weighted by Gasteiger charge is -2.10. The first-order valence-corrected chi connectivity index (χ1v) is 5.92. The van der Waals surface area contributed by atoms with E-state index in [1.165, 1.54) is 0 Å². The van der Waals surface area contributed by atoms with Crippen LogP contribution in [0.1, 0.15) is 19.7 Å². The van der Waals surface area contributed by atoms with Gasteiger partial charge in [-0.1, -0.05) is 0 Å². The SMILES string of the molecule is Cc1nc2cc(N)ccc2n1CCOC(C)C. The maximum absolute atomic E-state index is 5.75. The van der Waals surface area contributed by atoms with Gasteiger partial charge in [-0.2, -0.15) is 0 Å². The minimum Gasteiger partial charge on any atom is -0.399 e. The molecule has 0 bridgehead atoms. The lowest BCUT2D eigenvalue weighted by molar-refractivity contribution is 0.0730. The summed E-state index contributed by atoms with van der Waals surface area (Å²) in [6.07, 6.45) is 0.265. The summed E-state index contributed by atoms with van der Waals surface area (Å²) in [7, 11) is 0. The quantitative estimate of drug-likeness (QED) is 0.825. The van der Waals surface area contributed by atoms with Crippen LogP contribution in [0.25, 0.3) is 11.0 Å². The van der Waals surface area contributed by atoms with Crippen LogP contribution in [-0.4, -0.2) is 22.3 Å². The van der Waals surface area contributed by atoms with Crippen LogP contribution in [0, 0.1) is 6.92 Å². The Bertz CT molecular complexity index is 517. The van der Waals surface area contributed by atoms with Crippen LogP contribution < -0.4 is 5.73 Å². The average molecular weight is 233 g/mol. The monoisotopic (exact) mass is 233 g/mol. The number of benzene rings is 1. The molecule has 4 nitrogen and oxygen atoms in total. The summed E-state index contributed by atoms with van der Waals surface area (Å²) < 4.78 is 7.73. The molecule has 0 unspecified atom stereocenters. The van der Waals surface area contributed by atoms with Gasteiger partial charge in [-0.25, -0.2) is 4.98 Å². The van der Waals surface area contributed by atoms with E-state index in [1.807, 2.05) is 39.0 Å². The van der Waals surface area contributed by atoms with Gasteiger partial charge in [0.2, 0.25) is 0 Å². The maximum Gasteiger partial charge on any atom is 0.106 e.